The van der Waals surface area contributed by atoms with Gasteiger partial charge in [0, 0.05) is 12.5 Å². The number of aliphatic hydroxyl groups excluding tert-OH is 4. The number of hydrogen-bond donors (Lipinski definition) is 4. The molecule has 1 unspecified atom stereocenters. The maximum atomic E-state index is 12.7. The van der Waals surface area contributed by atoms with Crippen molar-refractivity contribution in [3.63, 3.8) is 0 Å². The van der Waals surface area contributed by atoms with Crippen LogP contribution in [0.5, 0.6) is 0 Å². The molecule has 12 heteroatoms. The minimum Gasteiger partial charge on any atom is -0.394 e. The first-order valence-electron chi connectivity index (χ1n) is 8.34. The van der Waals surface area contributed by atoms with Crippen molar-refractivity contribution in [3.8, 4) is 0 Å². The zero-order chi connectivity index (χ0) is 19.3. The first kappa shape index (κ1) is 21.2. The summed E-state index contributed by atoms with van der Waals surface area (Å²) >= 11 is 5.57. The van der Waals surface area contributed by atoms with Crippen molar-refractivity contribution in [3.05, 3.63) is 4.91 Å². The highest BCUT2D eigenvalue weighted by Gasteiger charge is 2.48. The number of nitrogens with zero attached hydrogens (tertiary/aromatic N) is 3. The van der Waals surface area contributed by atoms with E-state index in [4.69, 9.17) is 21.1 Å². The molecular weight excluding hydrogens is 374 g/mol. The molecule has 6 atom stereocenters. The molecule has 26 heavy (non-hydrogen) atoms. The second kappa shape index (κ2) is 9.74. The molecule has 0 radical (unpaired) electrons. The van der Waals surface area contributed by atoms with Crippen LogP contribution in [0.1, 0.15) is 12.8 Å². The predicted molar refractivity (Wildman–Crippen MR) is 88.1 cm³/mol. The molecule has 0 aromatic rings. The fourth-order valence-corrected chi connectivity index (χ4v) is 3.20. The summed E-state index contributed by atoms with van der Waals surface area (Å²) in [5, 5.41) is 42.7. The Morgan fingerprint density at radius 1 is 1.23 bits per heavy atom. The Hall–Kier alpha value is -1.08. The number of hydrogen-bond acceptors (Lipinski definition) is 9. The van der Waals surface area contributed by atoms with Crippen LogP contribution in [-0.2, 0) is 9.47 Å². The maximum absolute atomic E-state index is 12.7. The van der Waals surface area contributed by atoms with E-state index in [1.807, 2.05) is 0 Å². The van der Waals surface area contributed by atoms with Gasteiger partial charge in [0.25, 0.3) is 0 Å². The average molecular weight is 398 g/mol. The van der Waals surface area contributed by atoms with Crippen molar-refractivity contribution in [1.82, 2.24) is 9.91 Å². The summed E-state index contributed by atoms with van der Waals surface area (Å²) < 4.78 is 10.9. The van der Waals surface area contributed by atoms with Crippen LogP contribution in [0.3, 0.4) is 0 Å². The molecule has 2 aliphatic heterocycles. The van der Waals surface area contributed by atoms with E-state index in [-0.39, 0.29) is 25.1 Å². The monoisotopic (exact) mass is 397 g/mol. The van der Waals surface area contributed by atoms with Gasteiger partial charge in [-0.2, -0.15) is 5.01 Å². The number of rotatable bonds is 7. The number of carbonyl (C=O) groups excluding carboxylic acids is 1. The number of halogens is 1. The molecule has 11 nitrogen and oxygen atoms in total. The summed E-state index contributed by atoms with van der Waals surface area (Å²) in [4.78, 5) is 24.7. The Labute approximate surface area is 155 Å². The maximum Gasteiger partial charge on any atom is 0.345 e. The first-order valence-corrected chi connectivity index (χ1v) is 8.87. The minimum atomic E-state index is -1.66. The zero-order valence-corrected chi connectivity index (χ0v) is 14.8. The lowest BCUT2D eigenvalue weighted by Gasteiger charge is -2.45. The lowest BCUT2D eigenvalue weighted by molar-refractivity contribution is -0.259. The first-order chi connectivity index (χ1) is 12.4. The fourth-order valence-electron chi connectivity index (χ4n) is 3.04. The van der Waals surface area contributed by atoms with Crippen molar-refractivity contribution in [2.75, 3.05) is 32.2 Å². The molecule has 0 saturated carbocycles. The lowest BCUT2D eigenvalue weighted by atomic mass is 9.97. The molecule has 2 saturated heterocycles. The molecule has 4 N–H and O–H groups in total. The van der Waals surface area contributed by atoms with Crippen LogP contribution < -0.4 is 0 Å². The largest absolute Gasteiger partial charge is 0.394 e. The SMILES string of the molecule is O=NN(CCCl)C(=O)N(CC1CCCO1)[C@@H]1O[C@H](CO)[C@H](O)[C@H](O)[C@H]1O. The highest BCUT2D eigenvalue weighted by Crippen LogP contribution is 2.26. The second-order valence-electron chi connectivity index (χ2n) is 6.18. The van der Waals surface area contributed by atoms with E-state index >= 15 is 0 Å². The summed E-state index contributed by atoms with van der Waals surface area (Å²) in [6, 6.07) is -0.888. The van der Waals surface area contributed by atoms with Gasteiger partial charge >= 0.3 is 6.03 Å². The average Bonchev–Trinajstić information content (AvgIpc) is 3.15. The van der Waals surface area contributed by atoms with Crippen LogP contribution in [0.25, 0.3) is 0 Å². The van der Waals surface area contributed by atoms with Crippen molar-refractivity contribution >= 4 is 17.6 Å². The molecule has 0 aromatic carbocycles. The molecule has 2 aliphatic rings. The summed E-state index contributed by atoms with van der Waals surface area (Å²) in [5.41, 5.74) is 0. The van der Waals surface area contributed by atoms with Gasteiger partial charge in [-0.3, -0.25) is 4.90 Å². The molecule has 2 heterocycles. The van der Waals surface area contributed by atoms with Crippen LogP contribution >= 0.6 is 11.6 Å². The number of aliphatic hydroxyl groups is 4. The van der Waals surface area contributed by atoms with Crippen LogP contribution in [0.4, 0.5) is 4.79 Å². The van der Waals surface area contributed by atoms with Gasteiger partial charge in [0.15, 0.2) is 6.23 Å². The molecular formula is C14H24ClN3O8. The topological polar surface area (TPSA) is 152 Å². The normalized spacial score (nSPS) is 34.5. The van der Waals surface area contributed by atoms with Gasteiger partial charge < -0.3 is 29.9 Å². The third-order valence-electron chi connectivity index (χ3n) is 4.46. The van der Waals surface area contributed by atoms with Crippen molar-refractivity contribution in [1.29, 1.82) is 0 Å². The molecule has 0 aromatic heterocycles. The van der Waals surface area contributed by atoms with Crippen molar-refractivity contribution < 1.29 is 34.7 Å². The molecule has 2 amide bonds. The van der Waals surface area contributed by atoms with E-state index in [9.17, 15) is 30.1 Å². The highest BCUT2D eigenvalue weighted by molar-refractivity contribution is 6.18. The number of carbonyl (C=O) groups is 1. The van der Waals surface area contributed by atoms with E-state index in [0.717, 1.165) is 11.3 Å². The van der Waals surface area contributed by atoms with Crippen LogP contribution in [0, 0.1) is 4.91 Å². The van der Waals surface area contributed by atoms with Gasteiger partial charge in [-0.05, 0) is 12.8 Å². The number of amides is 2. The lowest BCUT2D eigenvalue weighted by Crippen LogP contribution is -2.65. The summed E-state index contributed by atoms with van der Waals surface area (Å²) in [7, 11) is 0. The molecule has 150 valence electrons. The third-order valence-corrected chi connectivity index (χ3v) is 4.63. The molecule has 0 bridgehead atoms. The Morgan fingerprint density at radius 3 is 2.50 bits per heavy atom. The van der Waals surface area contributed by atoms with E-state index in [2.05, 4.69) is 5.29 Å². The predicted octanol–water partition coefficient (Wildman–Crippen LogP) is -1.39. The molecule has 2 rings (SSSR count). The molecule has 0 spiro atoms. The Balaban J connectivity index is 2.25. The second-order valence-corrected chi connectivity index (χ2v) is 6.56. The summed E-state index contributed by atoms with van der Waals surface area (Å²) in [6.45, 7) is -0.321. The van der Waals surface area contributed by atoms with E-state index in [0.29, 0.717) is 18.0 Å². The Bertz CT molecular complexity index is 479. The van der Waals surface area contributed by atoms with Crippen LogP contribution in [-0.4, -0.2) is 105 Å². The third kappa shape index (κ3) is 4.60. The summed E-state index contributed by atoms with van der Waals surface area (Å²) in [6.07, 6.45) is -6.39. The highest BCUT2D eigenvalue weighted by atomic mass is 35.5. The summed E-state index contributed by atoms with van der Waals surface area (Å²) in [5.74, 6) is -0.0417. The number of urea groups is 1. The van der Waals surface area contributed by atoms with Gasteiger partial charge in [0.1, 0.15) is 24.4 Å². The number of alkyl halides is 1. The number of ether oxygens (including phenoxy) is 2. The van der Waals surface area contributed by atoms with Gasteiger partial charge in [0.2, 0.25) is 0 Å². The van der Waals surface area contributed by atoms with Crippen molar-refractivity contribution in [2.24, 2.45) is 5.29 Å². The van der Waals surface area contributed by atoms with Gasteiger partial charge in [-0.25, -0.2) is 4.79 Å². The quantitative estimate of drug-likeness (QED) is 0.233. The van der Waals surface area contributed by atoms with E-state index in [1.54, 1.807) is 0 Å². The smallest absolute Gasteiger partial charge is 0.345 e. The molecule has 0 aliphatic carbocycles. The minimum absolute atomic E-state index is 0.0319. The van der Waals surface area contributed by atoms with E-state index in [1.165, 1.54) is 0 Å². The van der Waals surface area contributed by atoms with Gasteiger partial charge in [-0.15, -0.1) is 16.5 Å². The van der Waals surface area contributed by atoms with E-state index < -0.39 is 43.3 Å². The van der Waals surface area contributed by atoms with Crippen molar-refractivity contribution in [2.45, 2.75) is 49.6 Å². The van der Waals surface area contributed by atoms with Crippen LogP contribution in [0.2, 0.25) is 0 Å². The Kier molecular flexibility index (Phi) is 7.95. The fraction of sp³-hybridized carbons (Fsp3) is 0.929. The van der Waals surface area contributed by atoms with Crippen LogP contribution in [0.15, 0.2) is 5.29 Å². The van der Waals surface area contributed by atoms with Gasteiger partial charge in [-0.1, -0.05) is 0 Å². The molecule has 2 fully saturated rings. The number of nitroso groups, excluding NO2 is 1. The Morgan fingerprint density at radius 2 is 1.96 bits per heavy atom. The standard InChI is InChI=1S/C14H24ClN3O8/c15-3-4-18(16-24)14(23)17(6-8-2-1-5-25-8)13-12(22)11(21)10(20)9(7-19)26-13/h8-13,19-22H,1-7H2/t8?,9-,10+,11+,12-,13-/m1/s1. The van der Waals surface area contributed by atoms with Gasteiger partial charge in [0.05, 0.1) is 31.1 Å². The zero-order valence-electron chi connectivity index (χ0n) is 14.1.